The van der Waals surface area contributed by atoms with Crippen LogP contribution in [0.1, 0.15) is 30.4 Å². The molecule has 3 atom stereocenters. The van der Waals surface area contributed by atoms with E-state index in [-0.39, 0.29) is 35.4 Å². The Labute approximate surface area is 224 Å². The maximum atomic E-state index is 13.3. The normalized spacial score (nSPS) is 19.9. The lowest BCUT2D eigenvalue weighted by Gasteiger charge is -2.30. The number of allylic oxidation sites excluding steroid dienone is 1. The van der Waals surface area contributed by atoms with Crippen LogP contribution >= 0.6 is 0 Å². The molecule has 0 aromatic heterocycles. The monoisotopic (exact) mass is 533 g/mol. The van der Waals surface area contributed by atoms with Crippen LogP contribution in [0.3, 0.4) is 0 Å². The van der Waals surface area contributed by atoms with Crippen molar-refractivity contribution in [3.63, 3.8) is 0 Å². The van der Waals surface area contributed by atoms with Crippen LogP contribution in [0.15, 0.2) is 64.8 Å². The van der Waals surface area contributed by atoms with Crippen LogP contribution in [-0.4, -0.2) is 55.6 Å². The van der Waals surface area contributed by atoms with Crippen LogP contribution in [0.2, 0.25) is 0 Å². The van der Waals surface area contributed by atoms with Crippen LogP contribution in [0.25, 0.3) is 0 Å². The number of ether oxygens (including phenoxy) is 4. The minimum Gasteiger partial charge on any atom is -0.491 e. The van der Waals surface area contributed by atoms with E-state index in [0.717, 1.165) is 25.0 Å². The second kappa shape index (κ2) is 12.3. The first-order chi connectivity index (χ1) is 18.8. The summed E-state index contributed by atoms with van der Waals surface area (Å²) in [7, 11) is 1.16. The Morgan fingerprint density at radius 1 is 1.23 bits per heavy atom. The van der Waals surface area contributed by atoms with E-state index in [4.69, 9.17) is 18.9 Å². The molecule has 2 aliphatic heterocycles. The Bertz CT molecular complexity index is 1360. The lowest BCUT2D eigenvalue weighted by atomic mass is 9.75. The molecule has 3 unspecified atom stereocenters. The number of hydrogen-bond acceptors (Lipinski definition) is 10. The van der Waals surface area contributed by atoms with Crippen molar-refractivity contribution < 1.29 is 33.5 Å². The Morgan fingerprint density at radius 3 is 2.62 bits per heavy atom. The molecule has 202 valence electrons. The standard InChI is InChI=1S/C28H27N3O8/c1-17-24(28(33)37-12-4-5-18-8-10-21(11-9-18)38-15-22-16-39-22)25(19-6-3-7-20(13-19)31(34)35)26(27(32)36-2)23(14-29)30-17/h3,6-11,13,22,25-26H,4-5,12,15-16H2,1-2H3. The van der Waals surface area contributed by atoms with Crippen molar-refractivity contribution in [2.24, 2.45) is 10.9 Å². The predicted molar refractivity (Wildman–Crippen MR) is 138 cm³/mol. The number of non-ortho nitro benzene ring substituents is 1. The number of esters is 2. The third kappa shape index (κ3) is 6.66. The summed E-state index contributed by atoms with van der Waals surface area (Å²) in [6.07, 6.45) is 1.36. The number of nitriles is 1. The smallest absolute Gasteiger partial charge is 0.336 e. The summed E-state index contributed by atoms with van der Waals surface area (Å²) in [5.74, 6) is -3.07. The largest absolute Gasteiger partial charge is 0.491 e. The zero-order valence-electron chi connectivity index (χ0n) is 21.5. The lowest BCUT2D eigenvalue weighted by Crippen LogP contribution is -2.36. The summed E-state index contributed by atoms with van der Waals surface area (Å²) in [5.41, 5.74) is 1.21. The maximum Gasteiger partial charge on any atom is 0.336 e. The van der Waals surface area contributed by atoms with Gasteiger partial charge in [-0.2, -0.15) is 5.26 Å². The molecule has 2 aliphatic rings. The van der Waals surface area contributed by atoms with Crippen molar-refractivity contribution in [1.29, 1.82) is 5.26 Å². The number of aryl methyl sites for hydroxylation is 1. The van der Waals surface area contributed by atoms with Gasteiger partial charge in [0.25, 0.3) is 5.69 Å². The first kappa shape index (κ1) is 27.5. The molecule has 2 aromatic carbocycles. The Morgan fingerprint density at radius 2 is 1.97 bits per heavy atom. The fourth-order valence-electron chi connectivity index (χ4n) is 4.42. The Balaban J connectivity index is 1.48. The van der Waals surface area contributed by atoms with E-state index in [9.17, 15) is 25.0 Å². The molecule has 11 nitrogen and oxygen atoms in total. The second-order valence-electron chi connectivity index (χ2n) is 9.09. The van der Waals surface area contributed by atoms with Gasteiger partial charge in [-0.1, -0.05) is 24.3 Å². The number of epoxide rings is 1. The van der Waals surface area contributed by atoms with E-state index in [1.54, 1.807) is 6.07 Å². The van der Waals surface area contributed by atoms with Crippen LogP contribution in [-0.2, 0) is 30.2 Å². The topological polar surface area (TPSA) is 154 Å². The van der Waals surface area contributed by atoms with Gasteiger partial charge >= 0.3 is 11.9 Å². The zero-order chi connectivity index (χ0) is 27.9. The van der Waals surface area contributed by atoms with E-state index >= 15 is 0 Å². The molecule has 0 saturated carbocycles. The molecule has 4 rings (SSSR count). The maximum absolute atomic E-state index is 13.3. The Kier molecular flexibility index (Phi) is 8.68. The summed E-state index contributed by atoms with van der Waals surface area (Å²) in [5, 5.41) is 21.1. The van der Waals surface area contributed by atoms with Gasteiger partial charge in [-0.05, 0) is 43.0 Å². The SMILES string of the molecule is COC(=O)C1C(C#N)=NC(C)=C(C(=O)OCCCc2ccc(OCC3CO3)cc2)C1c1cccc([N+](=O)[O-])c1. The number of nitro benzene ring substituents is 1. The number of carbonyl (C=O) groups is 2. The number of methoxy groups -OCH3 is 1. The number of rotatable bonds is 11. The van der Waals surface area contributed by atoms with Crippen molar-refractivity contribution in [3.8, 4) is 11.8 Å². The fraction of sp³-hybridized carbons (Fsp3) is 0.357. The van der Waals surface area contributed by atoms with E-state index in [2.05, 4.69) is 4.99 Å². The highest BCUT2D eigenvalue weighted by molar-refractivity contribution is 6.14. The average molecular weight is 534 g/mol. The molecule has 2 heterocycles. The number of benzene rings is 2. The number of carbonyl (C=O) groups excluding carboxylic acids is 2. The molecule has 1 fully saturated rings. The molecular weight excluding hydrogens is 506 g/mol. The van der Waals surface area contributed by atoms with Crippen molar-refractivity contribution in [2.75, 3.05) is 26.9 Å². The highest BCUT2D eigenvalue weighted by atomic mass is 16.6. The molecule has 0 spiro atoms. The van der Waals surface area contributed by atoms with E-state index in [1.807, 2.05) is 30.3 Å². The summed E-state index contributed by atoms with van der Waals surface area (Å²) < 4.78 is 21.2. The molecule has 0 radical (unpaired) electrons. The molecule has 0 bridgehead atoms. The highest BCUT2D eigenvalue weighted by Crippen LogP contribution is 2.41. The van der Waals surface area contributed by atoms with Gasteiger partial charge in [0.05, 0.1) is 30.8 Å². The van der Waals surface area contributed by atoms with Gasteiger partial charge in [0.1, 0.15) is 36.2 Å². The van der Waals surface area contributed by atoms with Gasteiger partial charge in [0.15, 0.2) is 0 Å². The lowest BCUT2D eigenvalue weighted by molar-refractivity contribution is -0.384. The minimum absolute atomic E-state index is 0.0473. The fourth-order valence-corrected chi connectivity index (χ4v) is 4.42. The third-order valence-electron chi connectivity index (χ3n) is 6.45. The number of nitrogens with zero attached hydrogens (tertiary/aromatic N) is 3. The van der Waals surface area contributed by atoms with Crippen LogP contribution in [0.4, 0.5) is 5.69 Å². The van der Waals surface area contributed by atoms with Crippen LogP contribution in [0.5, 0.6) is 5.75 Å². The molecule has 0 aliphatic carbocycles. The van der Waals surface area contributed by atoms with Gasteiger partial charge in [0.2, 0.25) is 0 Å². The van der Waals surface area contributed by atoms with Gasteiger partial charge < -0.3 is 18.9 Å². The van der Waals surface area contributed by atoms with Crippen LogP contribution < -0.4 is 4.74 Å². The van der Waals surface area contributed by atoms with Gasteiger partial charge in [-0.3, -0.25) is 14.9 Å². The van der Waals surface area contributed by atoms with Crippen molar-refractivity contribution >= 4 is 23.3 Å². The first-order valence-corrected chi connectivity index (χ1v) is 12.3. The van der Waals surface area contributed by atoms with Crippen molar-refractivity contribution in [3.05, 3.63) is 81.0 Å². The summed E-state index contributed by atoms with van der Waals surface area (Å²) in [4.78, 5) is 41.1. The van der Waals surface area contributed by atoms with E-state index < -0.39 is 28.7 Å². The third-order valence-corrected chi connectivity index (χ3v) is 6.45. The van der Waals surface area contributed by atoms with Gasteiger partial charge in [-0.25, -0.2) is 9.79 Å². The first-order valence-electron chi connectivity index (χ1n) is 12.3. The summed E-state index contributed by atoms with van der Waals surface area (Å²) in [6.45, 7) is 2.88. The average Bonchev–Trinajstić information content (AvgIpc) is 3.78. The van der Waals surface area contributed by atoms with Gasteiger partial charge in [-0.15, -0.1) is 0 Å². The molecule has 0 N–H and O–H groups in total. The van der Waals surface area contributed by atoms with Crippen molar-refractivity contribution in [2.45, 2.75) is 31.8 Å². The summed E-state index contributed by atoms with van der Waals surface area (Å²) in [6, 6.07) is 15.1. The van der Waals surface area contributed by atoms with E-state index in [1.165, 1.54) is 25.1 Å². The molecule has 39 heavy (non-hydrogen) atoms. The van der Waals surface area contributed by atoms with Gasteiger partial charge in [0, 0.05) is 23.7 Å². The van der Waals surface area contributed by atoms with Crippen LogP contribution in [0, 0.1) is 27.4 Å². The molecule has 2 aromatic rings. The number of nitro groups is 1. The molecule has 1 saturated heterocycles. The molecule has 11 heteroatoms. The van der Waals surface area contributed by atoms with Crippen molar-refractivity contribution in [1.82, 2.24) is 0 Å². The minimum atomic E-state index is -1.26. The zero-order valence-corrected chi connectivity index (χ0v) is 21.5. The molecule has 0 amide bonds. The predicted octanol–water partition coefficient (Wildman–Crippen LogP) is 3.67. The second-order valence-corrected chi connectivity index (χ2v) is 9.09. The number of hydrogen-bond donors (Lipinski definition) is 0. The van der Waals surface area contributed by atoms with E-state index in [0.29, 0.717) is 25.0 Å². The Hall–Kier alpha value is -4.56. The summed E-state index contributed by atoms with van der Waals surface area (Å²) >= 11 is 0. The highest BCUT2D eigenvalue weighted by Gasteiger charge is 2.44. The molecular formula is C28H27N3O8. The quantitative estimate of drug-likeness (QED) is 0.138. The number of aliphatic imine (C=N–C) groups is 1.